The van der Waals surface area contributed by atoms with Crippen LogP contribution in [0.2, 0.25) is 5.02 Å². The van der Waals surface area contributed by atoms with E-state index < -0.39 is 0 Å². The molecular formula is C22H17ClN2. The van der Waals surface area contributed by atoms with Crippen LogP contribution >= 0.6 is 11.6 Å². The Morgan fingerprint density at radius 3 is 2.32 bits per heavy atom. The molecule has 0 aliphatic rings. The Balaban J connectivity index is 2.03. The van der Waals surface area contributed by atoms with Gasteiger partial charge in [-0.2, -0.15) is 0 Å². The van der Waals surface area contributed by atoms with Crippen LogP contribution in [0.25, 0.3) is 33.5 Å². The van der Waals surface area contributed by atoms with Gasteiger partial charge in [0.15, 0.2) is 5.82 Å². The molecule has 3 heteroatoms. The molecule has 1 heterocycles. The molecule has 122 valence electrons. The van der Waals surface area contributed by atoms with Crippen molar-refractivity contribution in [3.8, 4) is 22.6 Å². The van der Waals surface area contributed by atoms with Crippen molar-refractivity contribution in [3.63, 3.8) is 0 Å². The summed E-state index contributed by atoms with van der Waals surface area (Å²) in [6, 6.07) is 22.3. The molecule has 0 N–H and O–H groups in total. The third-order valence-corrected chi connectivity index (χ3v) is 4.60. The van der Waals surface area contributed by atoms with Gasteiger partial charge < -0.3 is 0 Å². The van der Waals surface area contributed by atoms with Crippen molar-refractivity contribution < 1.29 is 0 Å². The Morgan fingerprint density at radius 1 is 0.800 bits per heavy atom. The molecule has 0 aliphatic carbocycles. The highest BCUT2D eigenvalue weighted by Crippen LogP contribution is 2.31. The Hall–Kier alpha value is -2.71. The molecule has 0 radical (unpaired) electrons. The molecule has 2 nitrogen and oxygen atoms in total. The van der Waals surface area contributed by atoms with Crippen molar-refractivity contribution >= 4 is 22.5 Å². The van der Waals surface area contributed by atoms with Crippen LogP contribution in [0.5, 0.6) is 0 Å². The topological polar surface area (TPSA) is 25.8 Å². The van der Waals surface area contributed by atoms with Gasteiger partial charge in [-0.05, 0) is 37.6 Å². The second-order valence-corrected chi connectivity index (χ2v) is 6.67. The molecule has 0 atom stereocenters. The maximum Gasteiger partial charge on any atom is 0.160 e. The molecule has 1 aromatic heterocycles. The fourth-order valence-corrected chi connectivity index (χ4v) is 3.15. The largest absolute Gasteiger partial charge is 0.228 e. The first-order chi connectivity index (χ1) is 12.1. The number of rotatable bonds is 2. The van der Waals surface area contributed by atoms with Crippen LogP contribution in [0.4, 0.5) is 0 Å². The van der Waals surface area contributed by atoms with Crippen molar-refractivity contribution in [2.45, 2.75) is 13.8 Å². The molecule has 0 aliphatic heterocycles. The summed E-state index contributed by atoms with van der Waals surface area (Å²) in [6.45, 7) is 4.16. The summed E-state index contributed by atoms with van der Waals surface area (Å²) in [5.74, 6) is 0.739. The zero-order valence-electron chi connectivity index (χ0n) is 14.1. The number of nitrogens with zero attached hydrogens (tertiary/aromatic N) is 2. The second-order valence-electron chi connectivity index (χ2n) is 6.24. The van der Waals surface area contributed by atoms with Gasteiger partial charge in [0, 0.05) is 21.5 Å². The molecule has 0 bridgehead atoms. The van der Waals surface area contributed by atoms with E-state index in [0.717, 1.165) is 39.1 Å². The van der Waals surface area contributed by atoms with E-state index in [4.69, 9.17) is 21.6 Å². The van der Waals surface area contributed by atoms with Gasteiger partial charge in [-0.1, -0.05) is 65.7 Å². The van der Waals surface area contributed by atoms with E-state index in [1.54, 1.807) is 0 Å². The van der Waals surface area contributed by atoms with Gasteiger partial charge in [0.2, 0.25) is 0 Å². The summed E-state index contributed by atoms with van der Waals surface area (Å²) in [4.78, 5) is 9.68. The number of halogens is 1. The lowest BCUT2D eigenvalue weighted by Crippen LogP contribution is -1.96. The summed E-state index contributed by atoms with van der Waals surface area (Å²) in [6.07, 6.45) is 0. The average molecular weight is 345 g/mol. The van der Waals surface area contributed by atoms with Gasteiger partial charge in [-0.15, -0.1) is 0 Å². The minimum atomic E-state index is 0.688. The summed E-state index contributed by atoms with van der Waals surface area (Å²) in [7, 11) is 0. The van der Waals surface area contributed by atoms with Crippen LogP contribution in [0.1, 0.15) is 11.1 Å². The molecule has 4 aromatic rings. The summed E-state index contributed by atoms with van der Waals surface area (Å²) in [5, 5.41) is 1.65. The van der Waals surface area contributed by atoms with Gasteiger partial charge in [0.1, 0.15) is 0 Å². The number of hydrogen-bond donors (Lipinski definition) is 0. The van der Waals surface area contributed by atoms with Crippen LogP contribution in [-0.4, -0.2) is 9.97 Å². The Bertz CT molecular complexity index is 1070. The molecule has 0 saturated heterocycles. The predicted molar refractivity (Wildman–Crippen MR) is 105 cm³/mol. The van der Waals surface area contributed by atoms with Crippen molar-refractivity contribution in [3.05, 3.63) is 82.9 Å². The maximum absolute atomic E-state index is 6.23. The first-order valence-corrected chi connectivity index (χ1v) is 8.60. The molecule has 0 amide bonds. The highest BCUT2D eigenvalue weighted by molar-refractivity contribution is 6.31. The van der Waals surface area contributed by atoms with Crippen LogP contribution < -0.4 is 0 Å². The monoisotopic (exact) mass is 344 g/mol. The van der Waals surface area contributed by atoms with Crippen molar-refractivity contribution in [2.75, 3.05) is 0 Å². The third-order valence-electron chi connectivity index (χ3n) is 4.37. The zero-order chi connectivity index (χ0) is 17.4. The fourth-order valence-electron chi connectivity index (χ4n) is 2.98. The van der Waals surface area contributed by atoms with E-state index in [1.165, 1.54) is 5.56 Å². The summed E-state index contributed by atoms with van der Waals surface area (Å²) in [5.41, 5.74) is 6.30. The van der Waals surface area contributed by atoms with Gasteiger partial charge >= 0.3 is 0 Å². The van der Waals surface area contributed by atoms with Gasteiger partial charge in [-0.25, -0.2) is 9.97 Å². The molecular weight excluding hydrogens is 328 g/mol. The Labute approximate surface area is 152 Å². The van der Waals surface area contributed by atoms with Crippen molar-refractivity contribution in [1.82, 2.24) is 9.97 Å². The number of hydrogen-bond acceptors (Lipinski definition) is 2. The van der Waals surface area contributed by atoms with Crippen molar-refractivity contribution in [1.29, 1.82) is 0 Å². The van der Waals surface area contributed by atoms with Crippen LogP contribution in [0.3, 0.4) is 0 Å². The number of benzene rings is 3. The zero-order valence-corrected chi connectivity index (χ0v) is 14.9. The minimum absolute atomic E-state index is 0.688. The molecule has 4 rings (SSSR count). The first-order valence-electron chi connectivity index (χ1n) is 8.22. The van der Waals surface area contributed by atoms with Gasteiger partial charge in [0.25, 0.3) is 0 Å². The predicted octanol–water partition coefficient (Wildman–Crippen LogP) is 6.23. The lowest BCUT2D eigenvalue weighted by Gasteiger charge is -2.11. The molecule has 0 unspecified atom stereocenters. The Morgan fingerprint density at radius 2 is 1.56 bits per heavy atom. The van der Waals surface area contributed by atoms with Gasteiger partial charge in [0.05, 0.1) is 11.2 Å². The highest BCUT2D eigenvalue weighted by atomic mass is 35.5. The Kier molecular flexibility index (Phi) is 3.98. The van der Waals surface area contributed by atoms with Crippen LogP contribution in [0, 0.1) is 13.8 Å². The standard InChI is InChI=1S/C22H17ClN2/c1-14-7-9-16(10-8-14)21-19-13-17(23)11-12-20(19)24-22(25-21)18-6-4-3-5-15(18)2/h3-13H,1-2H3. The van der Waals surface area contributed by atoms with E-state index in [2.05, 4.69) is 50.2 Å². The minimum Gasteiger partial charge on any atom is -0.228 e. The van der Waals surface area contributed by atoms with Crippen LogP contribution in [-0.2, 0) is 0 Å². The lowest BCUT2D eigenvalue weighted by molar-refractivity contribution is 1.22. The number of fused-ring (bicyclic) bond motifs is 1. The average Bonchev–Trinajstić information content (AvgIpc) is 2.62. The van der Waals surface area contributed by atoms with E-state index in [0.29, 0.717) is 5.02 Å². The molecule has 3 aromatic carbocycles. The molecule has 25 heavy (non-hydrogen) atoms. The lowest BCUT2D eigenvalue weighted by atomic mass is 10.0. The van der Waals surface area contributed by atoms with Crippen molar-refractivity contribution in [2.24, 2.45) is 0 Å². The second kappa shape index (κ2) is 6.30. The van der Waals surface area contributed by atoms with E-state index in [9.17, 15) is 0 Å². The van der Waals surface area contributed by atoms with E-state index in [-0.39, 0.29) is 0 Å². The van der Waals surface area contributed by atoms with Crippen LogP contribution in [0.15, 0.2) is 66.7 Å². The third kappa shape index (κ3) is 3.01. The normalized spacial score (nSPS) is 11.0. The molecule has 0 saturated carbocycles. The van der Waals surface area contributed by atoms with E-state index in [1.807, 2.05) is 30.3 Å². The van der Waals surface area contributed by atoms with E-state index >= 15 is 0 Å². The summed E-state index contributed by atoms with van der Waals surface area (Å²) >= 11 is 6.23. The SMILES string of the molecule is Cc1ccc(-c2nc(-c3ccccc3C)nc3ccc(Cl)cc23)cc1. The number of aryl methyl sites for hydroxylation is 2. The summed E-state index contributed by atoms with van der Waals surface area (Å²) < 4.78 is 0. The fraction of sp³-hybridized carbons (Fsp3) is 0.0909. The quantitative estimate of drug-likeness (QED) is 0.430. The first kappa shape index (κ1) is 15.8. The smallest absolute Gasteiger partial charge is 0.160 e. The molecule has 0 fully saturated rings. The highest BCUT2D eigenvalue weighted by Gasteiger charge is 2.13. The molecule has 0 spiro atoms. The number of aromatic nitrogens is 2. The van der Waals surface area contributed by atoms with Gasteiger partial charge in [-0.3, -0.25) is 0 Å². The maximum atomic E-state index is 6.23.